The van der Waals surface area contributed by atoms with Crippen LogP contribution in [0.4, 0.5) is 21.5 Å². The molecule has 0 bridgehead atoms. The number of carbonyl (C=O) groups is 1. The van der Waals surface area contributed by atoms with Crippen LogP contribution < -0.4 is 9.80 Å². The summed E-state index contributed by atoms with van der Waals surface area (Å²) in [7, 11) is 0. The standard InChI is InChI=1S/C26H24ClFN4O/c1-18-20(27)8-6-10-22(18)29-25-19-7-2-4-11-23(19)32(26(25)33)17-30-13-15-31(16-14-30)24-12-5-3-9-21(24)28/h2-12H,13-17H2,1H3. The van der Waals surface area contributed by atoms with Crippen LogP contribution in [0.5, 0.6) is 0 Å². The van der Waals surface area contributed by atoms with E-state index in [2.05, 4.69) is 9.80 Å². The van der Waals surface area contributed by atoms with Gasteiger partial charge in [0.25, 0.3) is 5.91 Å². The minimum Gasteiger partial charge on any atom is -0.367 e. The molecule has 1 fully saturated rings. The Balaban J connectivity index is 1.36. The van der Waals surface area contributed by atoms with E-state index in [0.717, 1.165) is 29.9 Å². The number of hydrogen-bond acceptors (Lipinski definition) is 4. The largest absolute Gasteiger partial charge is 0.367 e. The molecule has 0 saturated carbocycles. The van der Waals surface area contributed by atoms with E-state index in [1.807, 2.05) is 61.5 Å². The number of fused-ring (bicyclic) bond motifs is 1. The molecular weight excluding hydrogens is 439 g/mol. The summed E-state index contributed by atoms with van der Waals surface area (Å²) in [4.78, 5) is 24.2. The molecule has 33 heavy (non-hydrogen) atoms. The molecule has 1 saturated heterocycles. The highest BCUT2D eigenvalue weighted by molar-refractivity contribution is 6.54. The number of anilines is 2. The molecule has 0 spiro atoms. The third-order valence-electron chi connectivity index (χ3n) is 6.28. The molecule has 3 aromatic carbocycles. The first-order valence-electron chi connectivity index (χ1n) is 11.0. The zero-order chi connectivity index (χ0) is 22.9. The molecule has 0 N–H and O–H groups in total. The van der Waals surface area contributed by atoms with Crippen LogP contribution in [0.25, 0.3) is 0 Å². The van der Waals surface area contributed by atoms with Gasteiger partial charge in [0.15, 0.2) is 0 Å². The summed E-state index contributed by atoms with van der Waals surface area (Å²) in [5.74, 6) is -0.320. The Hall–Kier alpha value is -3.22. The van der Waals surface area contributed by atoms with E-state index in [1.54, 1.807) is 11.0 Å². The molecule has 0 unspecified atom stereocenters. The first-order chi connectivity index (χ1) is 16.0. The van der Waals surface area contributed by atoms with Gasteiger partial charge in [0.1, 0.15) is 11.5 Å². The number of carbonyl (C=O) groups excluding carboxylic acids is 1. The van der Waals surface area contributed by atoms with Crippen molar-refractivity contribution in [1.82, 2.24) is 4.90 Å². The monoisotopic (exact) mass is 462 g/mol. The Morgan fingerprint density at radius 2 is 1.61 bits per heavy atom. The van der Waals surface area contributed by atoms with Crippen LogP contribution in [0.15, 0.2) is 71.7 Å². The number of rotatable bonds is 4. The van der Waals surface area contributed by atoms with Gasteiger partial charge in [0.2, 0.25) is 0 Å². The zero-order valence-corrected chi connectivity index (χ0v) is 19.1. The summed E-state index contributed by atoms with van der Waals surface area (Å²) in [6.07, 6.45) is 0. The van der Waals surface area contributed by atoms with E-state index in [-0.39, 0.29) is 11.7 Å². The normalized spacial score (nSPS) is 17.7. The highest BCUT2D eigenvalue weighted by Gasteiger charge is 2.35. The van der Waals surface area contributed by atoms with Gasteiger partial charge >= 0.3 is 0 Å². The molecule has 2 aliphatic heterocycles. The lowest BCUT2D eigenvalue weighted by atomic mass is 10.1. The van der Waals surface area contributed by atoms with Gasteiger partial charge in [-0.25, -0.2) is 9.38 Å². The second kappa shape index (κ2) is 8.96. The maximum Gasteiger partial charge on any atom is 0.278 e. The van der Waals surface area contributed by atoms with Gasteiger partial charge < -0.3 is 4.90 Å². The van der Waals surface area contributed by atoms with Crippen molar-refractivity contribution in [3.8, 4) is 0 Å². The van der Waals surface area contributed by atoms with Gasteiger partial charge in [-0.1, -0.05) is 48.0 Å². The SMILES string of the molecule is Cc1c(Cl)cccc1N=C1C(=O)N(CN2CCN(c3ccccc3F)CC2)c2ccccc21. The topological polar surface area (TPSA) is 39.2 Å². The third kappa shape index (κ3) is 4.12. The van der Waals surface area contributed by atoms with E-state index in [4.69, 9.17) is 16.6 Å². The highest BCUT2D eigenvalue weighted by atomic mass is 35.5. The average molecular weight is 463 g/mol. The highest BCUT2D eigenvalue weighted by Crippen LogP contribution is 2.33. The van der Waals surface area contributed by atoms with E-state index in [9.17, 15) is 9.18 Å². The molecule has 0 atom stereocenters. The van der Waals surface area contributed by atoms with Gasteiger partial charge in [-0.3, -0.25) is 14.6 Å². The van der Waals surface area contributed by atoms with Crippen molar-refractivity contribution in [3.63, 3.8) is 0 Å². The minimum atomic E-state index is -0.202. The number of benzene rings is 3. The van der Waals surface area contributed by atoms with Gasteiger partial charge in [0, 0.05) is 36.8 Å². The second-order valence-electron chi connectivity index (χ2n) is 8.29. The summed E-state index contributed by atoms with van der Waals surface area (Å²) < 4.78 is 14.2. The second-order valence-corrected chi connectivity index (χ2v) is 8.70. The fourth-order valence-electron chi connectivity index (χ4n) is 4.39. The molecular formula is C26H24ClFN4O. The van der Waals surface area contributed by atoms with E-state index in [1.165, 1.54) is 6.07 Å². The van der Waals surface area contributed by atoms with Gasteiger partial charge in [-0.15, -0.1) is 0 Å². The molecule has 3 aromatic rings. The van der Waals surface area contributed by atoms with E-state index < -0.39 is 0 Å². The summed E-state index contributed by atoms with van der Waals surface area (Å²) in [5, 5.41) is 0.625. The van der Waals surface area contributed by atoms with Crippen molar-refractivity contribution in [2.75, 3.05) is 42.6 Å². The number of piperazine rings is 1. The summed E-state index contributed by atoms with van der Waals surface area (Å²) in [6.45, 7) is 5.25. The Morgan fingerprint density at radius 3 is 2.36 bits per heavy atom. The molecule has 7 heteroatoms. The summed E-state index contributed by atoms with van der Waals surface area (Å²) in [5.41, 5.74) is 4.29. The molecule has 2 heterocycles. The summed E-state index contributed by atoms with van der Waals surface area (Å²) in [6, 6.07) is 20.1. The molecule has 1 amide bonds. The molecule has 168 valence electrons. The van der Waals surface area contributed by atoms with Crippen molar-refractivity contribution < 1.29 is 9.18 Å². The van der Waals surface area contributed by atoms with Crippen LogP contribution in [-0.4, -0.2) is 49.4 Å². The first-order valence-corrected chi connectivity index (χ1v) is 11.4. The lowest BCUT2D eigenvalue weighted by molar-refractivity contribution is -0.112. The van der Waals surface area contributed by atoms with Crippen LogP contribution in [-0.2, 0) is 4.79 Å². The van der Waals surface area contributed by atoms with Crippen LogP contribution in [0.3, 0.4) is 0 Å². The molecule has 0 aromatic heterocycles. The number of halogens is 2. The third-order valence-corrected chi connectivity index (χ3v) is 6.69. The average Bonchev–Trinajstić information content (AvgIpc) is 3.09. The molecule has 5 nitrogen and oxygen atoms in total. The smallest absolute Gasteiger partial charge is 0.278 e. The van der Waals surface area contributed by atoms with Crippen molar-refractivity contribution >= 4 is 40.3 Å². The lowest BCUT2D eigenvalue weighted by Crippen LogP contribution is -2.51. The number of nitrogens with zero attached hydrogens (tertiary/aromatic N) is 4. The van der Waals surface area contributed by atoms with Crippen LogP contribution in [0.1, 0.15) is 11.1 Å². The van der Waals surface area contributed by atoms with Crippen LogP contribution >= 0.6 is 11.6 Å². The Kier molecular flexibility index (Phi) is 5.87. The Labute approximate surface area is 197 Å². The number of para-hydroxylation sites is 2. The maximum atomic E-state index is 14.2. The van der Waals surface area contributed by atoms with Crippen molar-refractivity contribution in [2.24, 2.45) is 4.99 Å². The van der Waals surface area contributed by atoms with Crippen molar-refractivity contribution in [1.29, 1.82) is 0 Å². The van der Waals surface area contributed by atoms with E-state index in [0.29, 0.717) is 41.9 Å². The van der Waals surface area contributed by atoms with Crippen LogP contribution in [0.2, 0.25) is 5.02 Å². The molecule has 2 aliphatic rings. The lowest BCUT2D eigenvalue weighted by Gasteiger charge is -2.37. The Bertz CT molecular complexity index is 1240. The minimum absolute atomic E-state index is 0.118. The number of hydrogen-bond donors (Lipinski definition) is 0. The Morgan fingerprint density at radius 1 is 0.909 bits per heavy atom. The molecule has 0 radical (unpaired) electrons. The fourth-order valence-corrected chi connectivity index (χ4v) is 4.56. The van der Waals surface area contributed by atoms with Crippen molar-refractivity contribution in [3.05, 3.63) is 88.7 Å². The van der Waals surface area contributed by atoms with Crippen LogP contribution in [0, 0.1) is 12.7 Å². The zero-order valence-electron chi connectivity index (χ0n) is 18.3. The quantitative estimate of drug-likeness (QED) is 0.545. The fraction of sp³-hybridized carbons (Fsp3) is 0.231. The van der Waals surface area contributed by atoms with Gasteiger partial charge in [-0.05, 0) is 42.8 Å². The number of aliphatic imine (C=N–C) groups is 1. The molecule has 5 rings (SSSR count). The van der Waals surface area contributed by atoms with E-state index >= 15 is 0 Å². The first kappa shape index (κ1) is 21.6. The molecule has 0 aliphatic carbocycles. The number of amides is 1. The van der Waals surface area contributed by atoms with Crippen molar-refractivity contribution in [2.45, 2.75) is 6.92 Å². The van der Waals surface area contributed by atoms with Gasteiger partial charge in [0.05, 0.1) is 23.7 Å². The summed E-state index contributed by atoms with van der Waals surface area (Å²) >= 11 is 6.26. The van der Waals surface area contributed by atoms with Gasteiger partial charge in [-0.2, -0.15) is 0 Å². The predicted octanol–water partition coefficient (Wildman–Crippen LogP) is 5.03. The maximum absolute atomic E-state index is 14.2. The predicted molar refractivity (Wildman–Crippen MR) is 131 cm³/mol.